The van der Waals surface area contributed by atoms with Gasteiger partial charge in [-0.1, -0.05) is 17.7 Å². The highest BCUT2D eigenvalue weighted by Gasteiger charge is 2.25. The van der Waals surface area contributed by atoms with Gasteiger partial charge in [-0.2, -0.15) is 8.42 Å². The van der Waals surface area contributed by atoms with E-state index in [1.807, 2.05) is 6.92 Å². The average molecular weight is 675 g/mol. The van der Waals surface area contributed by atoms with Gasteiger partial charge in [-0.25, -0.2) is 0 Å². The van der Waals surface area contributed by atoms with Gasteiger partial charge in [0.05, 0.1) is 38.9 Å². The Bertz CT molecular complexity index is 1570. The Morgan fingerprint density at radius 3 is 1.79 bits per heavy atom. The molecule has 0 aromatic heterocycles. The second-order valence-electron chi connectivity index (χ2n) is 10.4. The lowest BCUT2D eigenvalue weighted by Crippen LogP contribution is -2.19. The Kier molecular flexibility index (Phi) is 14.3. The van der Waals surface area contributed by atoms with Crippen molar-refractivity contribution in [1.82, 2.24) is 10.6 Å². The summed E-state index contributed by atoms with van der Waals surface area (Å²) in [7, 11) is 2.51. The largest absolute Gasteiger partial charge is 0.508 e. The Hall–Kier alpha value is -4.37. The number of benzene rings is 3. The van der Waals surface area contributed by atoms with E-state index in [1.54, 1.807) is 62.7 Å². The van der Waals surface area contributed by atoms with Crippen molar-refractivity contribution in [2.24, 2.45) is 0 Å². The quantitative estimate of drug-likeness (QED) is 0.284. The number of nitrogens with one attached hydrogen (secondary N) is 2. The van der Waals surface area contributed by atoms with Gasteiger partial charge in [0.25, 0.3) is 21.9 Å². The van der Waals surface area contributed by atoms with Crippen LogP contribution >= 0.6 is 0 Å². The van der Waals surface area contributed by atoms with Crippen LogP contribution < -0.4 is 24.8 Å². The number of rotatable bonds is 9. The second kappa shape index (κ2) is 18.1. The van der Waals surface area contributed by atoms with Crippen LogP contribution in [-0.4, -0.2) is 92.3 Å². The van der Waals surface area contributed by atoms with Crippen molar-refractivity contribution < 1.29 is 51.0 Å². The fraction of sp³-hybridized carbons (Fsp3) is 0.394. The Balaban J connectivity index is 0.000000194. The highest BCUT2D eigenvalue weighted by atomic mass is 32.2. The molecular formula is C33H42N2O11S. The van der Waals surface area contributed by atoms with Crippen LogP contribution in [0.3, 0.4) is 0 Å². The summed E-state index contributed by atoms with van der Waals surface area (Å²) in [5.41, 5.74) is 1.91. The molecule has 2 atom stereocenters. The summed E-state index contributed by atoms with van der Waals surface area (Å²) < 4.78 is 54.9. The topological polar surface area (TPSA) is 168 Å². The molecule has 3 N–H and O–H groups in total. The summed E-state index contributed by atoms with van der Waals surface area (Å²) in [6, 6.07) is 16.1. The van der Waals surface area contributed by atoms with Gasteiger partial charge in [0.15, 0.2) is 0 Å². The van der Waals surface area contributed by atoms with Crippen molar-refractivity contribution in [2.75, 3.05) is 54.7 Å². The molecule has 2 heterocycles. The van der Waals surface area contributed by atoms with Crippen molar-refractivity contribution in [1.29, 1.82) is 0 Å². The Morgan fingerprint density at radius 2 is 1.28 bits per heavy atom. The molecule has 2 aliphatic rings. The molecule has 0 bridgehead atoms. The number of phenolic OH excluding ortho intramolecular Hbond substituents is 1. The standard InChI is InChI=1S/C13H17NO4.C11H14O4S.C9H11NO3/c1-14-13(15)9-5-11(16-2)7-12(6-9)18-10-3-4-17-8-10;1-9-2-4-11(5-3-9)16(12,13)15-10-6-7-14-8-10;1-10-9(12)6-3-7(11)5-8(4-6)13-2/h5-7,10H,3-4,8H2,1-2H3,(H,14,15);2-5,10H,6-8H2,1H3;3-5,11H,1-2H3,(H,10,12)/t2*10-;/m01./s1. The van der Waals surface area contributed by atoms with Crippen LogP contribution in [0.25, 0.3) is 0 Å². The minimum absolute atomic E-state index is 0.0120. The van der Waals surface area contributed by atoms with Gasteiger partial charge in [0.2, 0.25) is 0 Å². The Morgan fingerprint density at radius 1 is 0.766 bits per heavy atom. The summed E-state index contributed by atoms with van der Waals surface area (Å²) >= 11 is 0. The van der Waals surface area contributed by atoms with Gasteiger partial charge >= 0.3 is 0 Å². The molecule has 2 saturated heterocycles. The minimum Gasteiger partial charge on any atom is -0.508 e. The third kappa shape index (κ3) is 11.7. The van der Waals surface area contributed by atoms with Gasteiger partial charge in [0, 0.05) is 56.8 Å². The number of aryl methyl sites for hydroxylation is 1. The van der Waals surface area contributed by atoms with Crippen LogP contribution in [0.5, 0.6) is 23.0 Å². The smallest absolute Gasteiger partial charge is 0.297 e. The summed E-state index contributed by atoms with van der Waals surface area (Å²) in [5, 5.41) is 14.2. The third-order valence-corrected chi connectivity index (χ3v) is 8.25. The lowest BCUT2D eigenvalue weighted by atomic mass is 10.2. The van der Waals surface area contributed by atoms with Gasteiger partial charge in [0.1, 0.15) is 35.2 Å². The van der Waals surface area contributed by atoms with E-state index in [-0.39, 0.29) is 34.7 Å². The van der Waals surface area contributed by atoms with E-state index < -0.39 is 10.1 Å². The highest BCUT2D eigenvalue weighted by Crippen LogP contribution is 2.25. The molecule has 47 heavy (non-hydrogen) atoms. The van der Waals surface area contributed by atoms with Gasteiger partial charge in [-0.15, -0.1) is 0 Å². The molecule has 5 rings (SSSR count). The first-order valence-electron chi connectivity index (χ1n) is 14.8. The van der Waals surface area contributed by atoms with E-state index in [0.29, 0.717) is 54.6 Å². The molecule has 0 unspecified atom stereocenters. The molecule has 3 aromatic carbocycles. The number of aromatic hydroxyl groups is 1. The van der Waals surface area contributed by atoms with E-state index in [4.69, 9.17) is 27.9 Å². The molecular weight excluding hydrogens is 632 g/mol. The molecule has 14 heteroatoms. The minimum atomic E-state index is -3.64. The summed E-state index contributed by atoms with van der Waals surface area (Å²) in [6.07, 6.45) is 1.21. The normalized spacial score (nSPS) is 16.9. The number of carbonyl (C=O) groups is 2. The van der Waals surface area contributed by atoms with Crippen LogP contribution in [0.1, 0.15) is 39.1 Å². The molecule has 0 saturated carbocycles. The van der Waals surface area contributed by atoms with Crippen molar-refractivity contribution in [3.63, 3.8) is 0 Å². The first kappa shape index (κ1) is 37.1. The molecule has 0 spiro atoms. The predicted octanol–water partition coefficient (Wildman–Crippen LogP) is 3.47. The maximum absolute atomic E-state index is 11.8. The molecule has 13 nitrogen and oxygen atoms in total. The fourth-order valence-corrected chi connectivity index (χ4v) is 5.43. The monoisotopic (exact) mass is 674 g/mol. The van der Waals surface area contributed by atoms with Crippen LogP contribution in [-0.2, 0) is 23.8 Å². The summed E-state index contributed by atoms with van der Waals surface area (Å²) in [6.45, 7) is 4.13. The second-order valence-corrected chi connectivity index (χ2v) is 12.0. The van der Waals surface area contributed by atoms with Crippen LogP contribution in [0.15, 0.2) is 65.6 Å². The van der Waals surface area contributed by atoms with Crippen molar-refractivity contribution in [3.8, 4) is 23.0 Å². The van der Waals surface area contributed by atoms with E-state index in [1.165, 1.54) is 26.3 Å². The molecule has 256 valence electrons. The maximum atomic E-state index is 11.8. The first-order valence-corrected chi connectivity index (χ1v) is 16.2. The number of phenols is 1. The van der Waals surface area contributed by atoms with E-state index in [9.17, 15) is 23.1 Å². The lowest BCUT2D eigenvalue weighted by Gasteiger charge is -2.14. The Labute approximate surface area is 275 Å². The predicted molar refractivity (Wildman–Crippen MR) is 173 cm³/mol. The molecule has 2 fully saturated rings. The van der Waals surface area contributed by atoms with Crippen molar-refractivity contribution in [2.45, 2.75) is 36.9 Å². The van der Waals surface area contributed by atoms with Gasteiger partial charge < -0.3 is 39.4 Å². The van der Waals surface area contributed by atoms with Crippen LogP contribution in [0.2, 0.25) is 0 Å². The van der Waals surface area contributed by atoms with Crippen molar-refractivity contribution in [3.05, 3.63) is 77.4 Å². The zero-order chi connectivity index (χ0) is 34.4. The molecule has 2 amide bonds. The van der Waals surface area contributed by atoms with E-state index in [0.717, 1.165) is 18.6 Å². The number of methoxy groups -OCH3 is 2. The number of ether oxygens (including phenoxy) is 5. The zero-order valence-corrected chi connectivity index (χ0v) is 27.9. The van der Waals surface area contributed by atoms with Gasteiger partial charge in [-0.05, 0) is 43.3 Å². The van der Waals surface area contributed by atoms with Crippen LogP contribution in [0.4, 0.5) is 0 Å². The first-order chi connectivity index (χ1) is 22.5. The number of amides is 2. The molecule has 0 aliphatic carbocycles. The third-order valence-electron chi connectivity index (χ3n) is 6.87. The van der Waals surface area contributed by atoms with Gasteiger partial charge in [-0.3, -0.25) is 13.8 Å². The number of carbonyl (C=O) groups excluding carboxylic acids is 2. The lowest BCUT2D eigenvalue weighted by molar-refractivity contribution is 0.0954. The van der Waals surface area contributed by atoms with E-state index >= 15 is 0 Å². The average Bonchev–Trinajstić information content (AvgIpc) is 3.78. The van der Waals surface area contributed by atoms with Crippen LogP contribution in [0, 0.1) is 6.92 Å². The maximum Gasteiger partial charge on any atom is 0.297 e. The summed E-state index contributed by atoms with van der Waals surface area (Å²) in [4.78, 5) is 23.0. The molecule has 0 radical (unpaired) electrons. The SMILES string of the molecule is CNC(=O)c1cc(O)cc(OC)c1.CNC(=O)c1cc(OC)cc(O[C@H]2CCOC2)c1.Cc1ccc(S(=O)(=O)O[C@@H]2CCOC2)cc1. The number of hydrogen-bond donors (Lipinski definition) is 3. The summed E-state index contributed by atoms with van der Waals surface area (Å²) in [5.74, 6) is 1.28. The fourth-order valence-electron chi connectivity index (χ4n) is 4.34. The highest BCUT2D eigenvalue weighted by molar-refractivity contribution is 7.86. The number of hydrogen-bond acceptors (Lipinski definition) is 11. The molecule has 3 aromatic rings. The molecule has 2 aliphatic heterocycles. The van der Waals surface area contributed by atoms with E-state index in [2.05, 4.69) is 10.6 Å². The zero-order valence-electron chi connectivity index (χ0n) is 27.1. The van der Waals surface area contributed by atoms with Crippen molar-refractivity contribution >= 4 is 21.9 Å².